The van der Waals surface area contributed by atoms with Crippen LogP contribution in [0.4, 0.5) is 5.13 Å². The molecule has 2 amide bonds. The summed E-state index contributed by atoms with van der Waals surface area (Å²) in [4.78, 5) is 55.1. The Morgan fingerprint density at radius 1 is 1.33 bits per heavy atom. The normalized spacial score (nSPS) is 21.4. The Labute approximate surface area is 254 Å². The number of aromatic nitrogens is 1. The largest absolute Gasteiger partial charge is 0.477 e. The van der Waals surface area contributed by atoms with Gasteiger partial charge in [0.15, 0.2) is 10.8 Å². The van der Waals surface area contributed by atoms with E-state index < -0.39 is 29.2 Å². The van der Waals surface area contributed by atoms with Crippen molar-refractivity contribution in [3.8, 4) is 0 Å². The lowest BCUT2D eigenvalue weighted by molar-refractivity contribution is -0.150. The zero-order valence-corrected chi connectivity index (χ0v) is 24.9. The van der Waals surface area contributed by atoms with Crippen molar-refractivity contribution >= 4 is 57.6 Å². The molecule has 5 heterocycles. The van der Waals surface area contributed by atoms with E-state index in [0.717, 1.165) is 23.0 Å². The number of rotatable bonds is 12. The van der Waals surface area contributed by atoms with Gasteiger partial charge in [-0.3, -0.25) is 24.9 Å². The Morgan fingerprint density at radius 2 is 2.14 bits per heavy atom. The number of allylic oxidation sites excluding steroid dienone is 2. The minimum absolute atomic E-state index is 0.0837. The topological polar surface area (TPSA) is 216 Å². The number of hydrogen-bond acceptors (Lipinski definition) is 14. The number of amidine groups is 1. The number of nitrogen functional groups attached to an aromatic ring is 1. The van der Waals surface area contributed by atoms with Gasteiger partial charge in [0.05, 0.1) is 12.4 Å². The number of aliphatic carboxylic acids is 1. The third-order valence-electron chi connectivity index (χ3n) is 6.53. The molecule has 0 unspecified atom stereocenters. The first-order chi connectivity index (χ1) is 20.7. The second kappa shape index (κ2) is 12.7. The standard InChI is InChI=1S/C25H31N11O5S2/c1-3-41-33-18(15-12-43-25(27)30-15)21(37)31-19-22(38)36-20(24(39)40)14(11-42-23(19)36)10-34-8-9-35-17(34)5-4-16(32-35)29-7-6-28-13(2)26/h4-5,8-9,12,19,23,29,32H,3,6-7,10-11H2,1-2H3,(H2,26,28)(H2,27,30)(H,31,37)(H,39,40)/b33-18-/t19-,23+/m1/s1. The quantitative estimate of drug-likeness (QED) is 0.0564. The van der Waals surface area contributed by atoms with Crippen LogP contribution in [0.25, 0.3) is 0 Å². The van der Waals surface area contributed by atoms with Crippen molar-refractivity contribution in [2.24, 2.45) is 15.9 Å². The number of carbonyl (C=O) groups is 3. The molecule has 0 aromatic carbocycles. The zero-order chi connectivity index (χ0) is 30.7. The zero-order valence-electron chi connectivity index (χ0n) is 23.3. The number of anilines is 1. The van der Waals surface area contributed by atoms with Crippen LogP contribution >= 0.6 is 23.1 Å². The van der Waals surface area contributed by atoms with Crippen molar-refractivity contribution < 1.29 is 24.3 Å². The van der Waals surface area contributed by atoms with Crippen molar-refractivity contribution in [3.63, 3.8) is 0 Å². The molecule has 4 aliphatic heterocycles. The van der Waals surface area contributed by atoms with Crippen LogP contribution in [0, 0.1) is 0 Å². The van der Waals surface area contributed by atoms with Gasteiger partial charge in [-0.05, 0) is 31.6 Å². The SMILES string of the molecule is CCO/N=C(\C(=O)N[C@@H]1C(=O)N2C(C(=O)O)=C(CN3C=CN4NC(NCCN=C(C)N)=CC=C34)CS[C@@H]12)c1csc(N)n1. The highest BCUT2D eigenvalue weighted by Crippen LogP contribution is 2.41. The summed E-state index contributed by atoms with van der Waals surface area (Å²) in [5.74, 6) is 0.00964. The number of β-lactam (4-membered cyclic amide) rings is 1. The van der Waals surface area contributed by atoms with Gasteiger partial charge >= 0.3 is 5.97 Å². The fourth-order valence-corrected chi connectivity index (χ4v) is 6.52. The first-order valence-corrected chi connectivity index (χ1v) is 15.2. The van der Waals surface area contributed by atoms with Crippen LogP contribution in [0.3, 0.4) is 0 Å². The van der Waals surface area contributed by atoms with E-state index in [0.29, 0.717) is 30.3 Å². The van der Waals surface area contributed by atoms with E-state index >= 15 is 0 Å². The predicted molar refractivity (Wildman–Crippen MR) is 162 cm³/mol. The van der Waals surface area contributed by atoms with Crippen LogP contribution < -0.4 is 27.5 Å². The van der Waals surface area contributed by atoms with Gasteiger partial charge in [0, 0.05) is 36.6 Å². The molecule has 43 heavy (non-hydrogen) atoms. The summed E-state index contributed by atoms with van der Waals surface area (Å²) in [6.45, 7) is 5.04. The molecule has 18 heteroatoms. The van der Waals surface area contributed by atoms with Crippen molar-refractivity contribution in [2.45, 2.75) is 25.3 Å². The maximum absolute atomic E-state index is 13.2. The van der Waals surface area contributed by atoms with Crippen LogP contribution in [0.15, 0.2) is 63.0 Å². The molecular formula is C25H31N11O5S2. The van der Waals surface area contributed by atoms with Crippen molar-refractivity contribution in [2.75, 3.05) is 37.7 Å². The van der Waals surface area contributed by atoms with Crippen LogP contribution in [0.5, 0.6) is 0 Å². The summed E-state index contributed by atoms with van der Waals surface area (Å²) in [6, 6.07) is -0.945. The second-order valence-electron chi connectivity index (χ2n) is 9.51. The van der Waals surface area contributed by atoms with E-state index in [2.05, 4.69) is 31.2 Å². The van der Waals surface area contributed by atoms with E-state index in [-0.39, 0.29) is 35.4 Å². The monoisotopic (exact) mass is 629 g/mol. The predicted octanol–water partition coefficient (Wildman–Crippen LogP) is -0.539. The molecule has 1 fully saturated rings. The number of thiazole rings is 1. The van der Waals surface area contributed by atoms with Crippen molar-refractivity contribution in [1.29, 1.82) is 0 Å². The molecule has 0 saturated carbocycles. The summed E-state index contributed by atoms with van der Waals surface area (Å²) in [5.41, 5.74) is 15.1. The summed E-state index contributed by atoms with van der Waals surface area (Å²) in [7, 11) is 0. The minimum atomic E-state index is -1.22. The number of fused-ring (bicyclic) bond motifs is 2. The molecule has 0 spiro atoms. The van der Waals surface area contributed by atoms with Crippen LogP contribution in [0.1, 0.15) is 19.5 Å². The smallest absolute Gasteiger partial charge is 0.352 e. The number of nitrogens with zero attached hydrogens (tertiary/aromatic N) is 6. The summed E-state index contributed by atoms with van der Waals surface area (Å²) >= 11 is 2.51. The van der Waals surface area contributed by atoms with Gasteiger partial charge < -0.3 is 36.9 Å². The number of hydrogen-bond donors (Lipinski definition) is 6. The highest BCUT2D eigenvalue weighted by molar-refractivity contribution is 8.00. The lowest BCUT2D eigenvalue weighted by atomic mass is 10.0. The van der Waals surface area contributed by atoms with Gasteiger partial charge in [0.2, 0.25) is 0 Å². The molecule has 1 saturated heterocycles. The van der Waals surface area contributed by atoms with Crippen LogP contribution in [-0.4, -0.2) is 97.6 Å². The lowest BCUT2D eigenvalue weighted by Crippen LogP contribution is -2.71. The number of carboxylic acids is 1. The molecular weight excluding hydrogens is 598 g/mol. The van der Waals surface area contributed by atoms with Gasteiger partial charge in [-0.25, -0.2) is 14.8 Å². The van der Waals surface area contributed by atoms with E-state index in [1.54, 1.807) is 24.2 Å². The van der Waals surface area contributed by atoms with Crippen LogP contribution in [-0.2, 0) is 19.2 Å². The molecule has 0 radical (unpaired) electrons. The third kappa shape index (κ3) is 6.24. The Hall–Kier alpha value is -4.71. The molecule has 0 bridgehead atoms. The van der Waals surface area contributed by atoms with Crippen LogP contribution in [0.2, 0.25) is 0 Å². The van der Waals surface area contributed by atoms with Gasteiger partial charge in [-0.15, -0.1) is 23.1 Å². The summed E-state index contributed by atoms with van der Waals surface area (Å²) in [5, 5.41) is 22.9. The molecule has 228 valence electrons. The molecule has 2 atom stereocenters. The van der Waals surface area contributed by atoms with E-state index in [1.165, 1.54) is 16.7 Å². The summed E-state index contributed by atoms with van der Waals surface area (Å²) in [6.07, 6.45) is 7.42. The van der Waals surface area contributed by atoms with Gasteiger partial charge in [0.1, 0.15) is 41.1 Å². The number of oxime groups is 1. The number of carboxylic acid groups (broad SMARTS) is 1. The Kier molecular flexibility index (Phi) is 8.76. The maximum Gasteiger partial charge on any atom is 0.352 e. The van der Waals surface area contributed by atoms with E-state index in [1.807, 2.05) is 29.5 Å². The van der Waals surface area contributed by atoms with E-state index in [4.69, 9.17) is 16.3 Å². The number of amides is 2. The highest BCUT2D eigenvalue weighted by Gasteiger charge is 2.54. The van der Waals surface area contributed by atoms with Gasteiger partial charge in [0.25, 0.3) is 11.8 Å². The molecule has 8 N–H and O–H groups in total. The average molecular weight is 630 g/mol. The highest BCUT2D eigenvalue weighted by atomic mass is 32.2. The third-order valence-corrected chi connectivity index (χ3v) is 8.54. The number of carbonyl (C=O) groups excluding carboxylic acids is 2. The molecule has 1 aromatic heterocycles. The fraction of sp³-hybridized carbons (Fsp3) is 0.360. The Morgan fingerprint density at radius 3 is 2.84 bits per heavy atom. The van der Waals surface area contributed by atoms with E-state index in [9.17, 15) is 19.5 Å². The second-order valence-corrected chi connectivity index (χ2v) is 11.5. The average Bonchev–Trinajstić information content (AvgIpc) is 3.59. The number of aliphatic imine (C=N–C) groups is 1. The molecule has 0 aliphatic carbocycles. The minimum Gasteiger partial charge on any atom is -0.477 e. The number of thioether (sulfide) groups is 1. The molecule has 4 aliphatic rings. The molecule has 16 nitrogen and oxygen atoms in total. The molecule has 1 aromatic rings. The fourth-order valence-electron chi connectivity index (χ4n) is 4.64. The van der Waals surface area contributed by atoms with Gasteiger partial charge in [-0.1, -0.05) is 5.16 Å². The van der Waals surface area contributed by atoms with Crippen molar-refractivity contribution in [1.82, 2.24) is 35.9 Å². The van der Waals surface area contributed by atoms with Gasteiger partial charge in [-0.2, -0.15) is 0 Å². The number of nitrogens with one attached hydrogen (secondary N) is 3. The number of hydrazine groups is 1. The molecule has 5 rings (SSSR count). The summed E-state index contributed by atoms with van der Waals surface area (Å²) < 4.78 is 0. The Bertz CT molecular complexity index is 1490. The van der Waals surface area contributed by atoms with Crippen molar-refractivity contribution in [3.05, 3.63) is 58.5 Å². The number of nitrogens with two attached hydrogens (primary N) is 2. The first kappa shape index (κ1) is 29.8. The Balaban J connectivity index is 1.26. The first-order valence-electron chi connectivity index (χ1n) is 13.2. The maximum atomic E-state index is 13.2. The lowest BCUT2D eigenvalue weighted by Gasteiger charge is -2.49.